The molecular formula is C15H26N4O7S2. The number of rotatable bonds is 7. The van der Waals surface area contributed by atoms with Gasteiger partial charge in [-0.25, -0.2) is 14.7 Å². The Bertz CT molecular complexity index is 763. The number of aliphatic hydroxyl groups excluding tert-OH is 1. The van der Waals surface area contributed by atoms with Crippen LogP contribution in [0.1, 0.15) is 20.3 Å². The van der Waals surface area contributed by atoms with E-state index in [1.807, 2.05) is 0 Å². The lowest BCUT2D eigenvalue weighted by Gasteiger charge is -2.46. The second-order valence-electron chi connectivity index (χ2n) is 7.76. The molecule has 28 heavy (non-hydrogen) atoms. The van der Waals surface area contributed by atoms with Gasteiger partial charge in [-0.15, -0.1) is 11.8 Å². The Labute approximate surface area is 167 Å². The van der Waals surface area contributed by atoms with Crippen LogP contribution in [0.15, 0.2) is 0 Å². The van der Waals surface area contributed by atoms with Gasteiger partial charge in [0.25, 0.3) is 10.2 Å². The van der Waals surface area contributed by atoms with Crippen LogP contribution in [0, 0.1) is 11.8 Å². The predicted molar refractivity (Wildman–Crippen MR) is 100 cm³/mol. The molecule has 7 N–H and O–H groups in total. The third-order valence-corrected chi connectivity index (χ3v) is 8.12. The Morgan fingerprint density at radius 2 is 2.18 bits per heavy atom. The number of β-lactam (4-membered cyclic amide) rings is 1. The summed E-state index contributed by atoms with van der Waals surface area (Å²) in [5.74, 6) is -3.03. The number of nitrogens with zero attached hydrogens (tertiary/aromatic N) is 1. The van der Waals surface area contributed by atoms with E-state index in [0.29, 0.717) is 13.0 Å². The van der Waals surface area contributed by atoms with Crippen LogP contribution < -0.4 is 15.2 Å². The molecule has 13 heteroatoms. The molecule has 3 rings (SSSR count). The van der Waals surface area contributed by atoms with Crippen LogP contribution >= 0.6 is 11.8 Å². The molecule has 0 aromatic carbocycles. The minimum absolute atomic E-state index is 0.0869. The normalized spacial score (nSPS) is 41.6. The SMILES string of the molecule is C[C@@H]1[C@@H]2[C@@H]([C@@H](C)O)C(=O)N2C(C(=O)O)C1(O)S[C@@H]1CN[C@H](CNS(N)(=O)=O)C1. The molecule has 3 saturated heterocycles. The summed E-state index contributed by atoms with van der Waals surface area (Å²) in [5, 5.41) is 38.8. The minimum Gasteiger partial charge on any atom is -0.480 e. The maximum atomic E-state index is 12.4. The summed E-state index contributed by atoms with van der Waals surface area (Å²) in [6.45, 7) is 3.71. The van der Waals surface area contributed by atoms with Crippen LogP contribution in [0.3, 0.4) is 0 Å². The Hall–Kier alpha value is -0.960. The second kappa shape index (κ2) is 7.38. The molecule has 0 radical (unpaired) electrons. The molecule has 0 bridgehead atoms. The summed E-state index contributed by atoms with van der Waals surface area (Å²) in [6, 6.07) is -2.15. The quantitative estimate of drug-likeness (QED) is 0.181. The molecule has 0 aromatic heterocycles. The molecule has 3 aliphatic rings. The largest absolute Gasteiger partial charge is 0.480 e. The summed E-state index contributed by atoms with van der Waals surface area (Å²) in [4.78, 5) is 23.7. The number of thioether (sulfide) groups is 1. The molecule has 2 unspecified atom stereocenters. The average molecular weight is 439 g/mol. The van der Waals surface area contributed by atoms with E-state index in [2.05, 4.69) is 10.0 Å². The van der Waals surface area contributed by atoms with E-state index in [0.717, 1.165) is 11.8 Å². The molecule has 3 heterocycles. The van der Waals surface area contributed by atoms with E-state index in [1.165, 1.54) is 11.8 Å². The first-order valence-corrected chi connectivity index (χ1v) is 11.4. The number of fused-ring (bicyclic) bond motifs is 1. The molecule has 8 atom stereocenters. The van der Waals surface area contributed by atoms with Crippen LogP contribution in [0.25, 0.3) is 0 Å². The molecule has 0 aromatic rings. The minimum atomic E-state index is -3.81. The zero-order chi connectivity index (χ0) is 21.0. The van der Waals surface area contributed by atoms with Crippen molar-refractivity contribution >= 4 is 33.8 Å². The summed E-state index contributed by atoms with van der Waals surface area (Å²) in [5.41, 5.74) is 0. The highest BCUT2D eigenvalue weighted by Gasteiger charge is 2.71. The highest BCUT2D eigenvalue weighted by atomic mass is 32.2. The fourth-order valence-electron chi connectivity index (χ4n) is 4.57. The van der Waals surface area contributed by atoms with E-state index in [-0.39, 0.29) is 17.8 Å². The Morgan fingerprint density at radius 1 is 1.54 bits per heavy atom. The topological polar surface area (TPSA) is 182 Å². The van der Waals surface area contributed by atoms with Gasteiger partial charge >= 0.3 is 5.97 Å². The van der Waals surface area contributed by atoms with Crippen molar-refractivity contribution in [1.29, 1.82) is 0 Å². The number of amides is 1. The van der Waals surface area contributed by atoms with E-state index in [4.69, 9.17) is 5.14 Å². The molecule has 0 aliphatic carbocycles. The number of hydrogen-bond acceptors (Lipinski definition) is 8. The van der Waals surface area contributed by atoms with Crippen molar-refractivity contribution in [2.24, 2.45) is 17.0 Å². The third kappa shape index (κ3) is 3.64. The van der Waals surface area contributed by atoms with Gasteiger partial charge < -0.3 is 25.5 Å². The Morgan fingerprint density at radius 3 is 2.71 bits per heavy atom. The van der Waals surface area contributed by atoms with Gasteiger partial charge in [0.05, 0.1) is 18.1 Å². The molecule has 0 spiro atoms. The first kappa shape index (κ1) is 21.7. The average Bonchev–Trinajstić information content (AvgIpc) is 3.06. The molecule has 11 nitrogen and oxygen atoms in total. The highest BCUT2D eigenvalue weighted by Crippen LogP contribution is 2.55. The van der Waals surface area contributed by atoms with Gasteiger partial charge in [-0.05, 0) is 13.3 Å². The van der Waals surface area contributed by atoms with Crippen molar-refractivity contribution in [3.05, 3.63) is 0 Å². The van der Waals surface area contributed by atoms with E-state index in [1.54, 1.807) is 6.92 Å². The molecule has 3 fully saturated rings. The molecule has 3 aliphatic heterocycles. The lowest BCUT2D eigenvalue weighted by molar-refractivity contribution is -0.172. The monoisotopic (exact) mass is 438 g/mol. The van der Waals surface area contributed by atoms with Crippen LogP contribution in [-0.4, -0.2) is 88.0 Å². The molecule has 0 saturated carbocycles. The molecular weight excluding hydrogens is 412 g/mol. The Balaban J connectivity index is 1.73. The molecule has 160 valence electrons. The number of carbonyl (C=O) groups excluding carboxylic acids is 1. The highest BCUT2D eigenvalue weighted by molar-refractivity contribution is 8.01. The summed E-state index contributed by atoms with van der Waals surface area (Å²) >= 11 is 1.09. The number of aliphatic hydroxyl groups is 2. The van der Waals surface area contributed by atoms with Crippen LogP contribution in [0.5, 0.6) is 0 Å². The zero-order valence-electron chi connectivity index (χ0n) is 15.5. The lowest BCUT2D eigenvalue weighted by Crippen LogP contribution is -2.66. The van der Waals surface area contributed by atoms with Crippen molar-refractivity contribution < 1.29 is 33.3 Å². The van der Waals surface area contributed by atoms with Crippen LogP contribution in [-0.2, 0) is 19.8 Å². The van der Waals surface area contributed by atoms with Crippen LogP contribution in [0.2, 0.25) is 0 Å². The van der Waals surface area contributed by atoms with Gasteiger partial charge in [-0.2, -0.15) is 8.42 Å². The van der Waals surface area contributed by atoms with Gasteiger partial charge in [0, 0.05) is 30.3 Å². The number of carbonyl (C=O) groups is 2. The summed E-state index contributed by atoms with van der Waals surface area (Å²) in [6.07, 6.45) is -0.438. The van der Waals surface area contributed by atoms with Gasteiger partial charge in [-0.3, -0.25) is 4.79 Å². The van der Waals surface area contributed by atoms with Crippen molar-refractivity contribution in [2.75, 3.05) is 13.1 Å². The predicted octanol–water partition coefficient (Wildman–Crippen LogP) is -2.76. The van der Waals surface area contributed by atoms with Gasteiger partial charge in [0.1, 0.15) is 4.93 Å². The van der Waals surface area contributed by atoms with Crippen LogP contribution in [0.4, 0.5) is 0 Å². The number of hydrogen-bond donors (Lipinski definition) is 6. The van der Waals surface area contributed by atoms with Gasteiger partial charge in [-0.1, -0.05) is 6.92 Å². The summed E-state index contributed by atoms with van der Waals surface area (Å²) < 4.78 is 24.3. The van der Waals surface area contributed by atoms with E-state index >= 15 is 0 Å². The van der Waals surface area contributed by atoms with E-state index in [9.17, 15) is 33.3 Å². The third-order valence-electron chi connectivity index (χ3n) is 5.89. The second-order valence-corrected chi connectivity index (χ2v) is 10.7. The first-order valence-electron chi connectivity index (χ1n) is 9.00. The summed E-state index contributed by atoms with van der Waals surface area (Å²) in [7, 11) is -3.81. The van der Waals surface area contributed by atoms with Crippen molar-refractivity contribution in [2.45, 2.75) is 54.7 Å². The lowest BCUT2D eigenvalue weighted by atomic mass is 9.79. The smallest absolute Gasteiger partial charge is 0.330 e. The van der Waals surface area contributed by atoms with Gasteiger partial charge in [0.15, 0.2) is 6.04 Å². The van der Waals surface area contributed by atoms with E-state index < -0.39 is 57.0 Å². The first-order chi connectivity index (χ1) is 12.9. The number of carboxylic acid groups (broad SMARTS) is 1. The zero-order valence-corrected chi connectivity index (χ0v) is 17.1. The number of nitrogens with one attached hydrogen (secondary N) is 2. The van der Waals surface area contributed by atoms with Crippen molar-refractivity contribution in [3.63, 3.8) is 0 Å². The maximum absolute atomic E-state index is 12.4. The van der Waals surface area contributed by atoms with Crippen molar-refractivity contribution in [3.8, 4) is 0 Å². The van der Waals surface area contributed by atoms with Gasteiger partial charge in [0.2, 0.25) is 5.91 Å². The number of nitrogens with two attached hydrogens (primary N) is 1. The number of aliphatic carboxylic acids is 1. The van der Waals surface area contributed by atoms with Crippen molar-refractivity contribution in [1.82, 2.24) is 14.9 Å². The fourth-order valence-corrected chi connectivity index (χ4v) is 6.74. The standard InChI is InChI=1S/C15H26N4O7S2/c1-6-11-10(7(2)20)13(21)19(11)12(14(22)23)15(6,24)27-9-3-8(17-5-9)4-18-28(16,25)26/h6-12,17-18,20,24H,3-5H2,1-2H3,(H,22,23)(H2,16,25,26)/t6-,7-,8+,9+,10-,11-,12?,15?/m1/s1. The molecule has 1 amide bonds. The number of carboxylic acids is 1. The maximum Gasteiger partial charge on any atom is 0.330 e. The Kier molecular flexibility index (Phi) is 5.73. The fraction of sp³-hybridized carbons (Fsp3) is 0.867.